The van der Waals surface area contributed by atoms with E-state index in [0.29, 0.717) is 0 Å². The van der Waals surface area contributed by atoms with Crippen molar-refractivity contribution in [3.8, 4) is 11.3 Å². The van der Waals surface area contributed by atoms with E-state index in [2.05, 4.69) is 33.5 Å². The SMILES string of the molecule is CCn1cc(-c2c(C)ccc3[nH]ncc23)nn1. The zero-order valence-electron chi connectivity index (χ0n) is 9.81. The van der Waals surface area contributed by atoms with Gasteiger partial charge in [0.05, 0.1) is 17.9 Å². The second kappa shape index (κ2) is 3.69. The Morgan fingerprint density at radius 3 is 3.00 bits per heavy atom. The molecule has 0 saturated carbocycles. The second-order valence-corrected chi connectivity index (χ2v) is 4.05. The number of fused-ring (bicyclic) bond motifs is 1. The van der Waals surface area contributed by atoms with E-state index in [1.165, 1.54) is 5.56 Å². The fourth-order valence-corrected chi connectivity index (χ4v) is 2.03. The fraction of sp³-hybridized carbons (Fsp3) is 0.250. The van der Waals surface area contributed by atoms with Gasteiger partial charge >= 0.3 is 0 Å². The smallest absolute Gasteiger partial charge is 0.114 e. The molecule has 0 spiro atoms. The number of nitrogens with zero attached hydrogens (tertiary/aromatic N) is 4. The van der Waals surface area contributed by atoms with Crippen LogP contribution in [0.5, 0.6) is 0 Å². The van der Waals surface area contributed by atoms with Crippen LogP contribution in [-0.4, -0.2) is 25.2 Å². The summed E-state index contributed by atoms with van der Waals surface area (Å²) < 4.78 is 1.83. The summed E-state index contributed by atoms with van der Waals surface area (Å²) in [5, 5.41) is 16.4. The largest absolute Gasteiger partial charge is 0.278 e. The lowest BCUT2D eigenvalue weighted by molar-refractivity contribution is 0.627. The van der Waals surface area contributed by atoms with Crippen LogP contribution in [0.2, 0.25) is 0 Å². The molecule has 0 amide bonds. The van der Waals surface area contributed by atoms with Gasteiger partial charge in [0.2, 0.25) is 0 Å². The van der Waals surface area contributed by atoms with Crippen molar-refractivity contribution in [2.45, 2.75) is 20.4 Å². The summed E-state index contributed by atoms with van der Waals surface area (Å²) >= 11 is 0. The van der Waals surface area contributed by atoms with E-state index in [0.717, 1.165) is 28.7 Å². The van der Waals surface area contributed by atoms with Gasteiger partial charge in [0.25, 0.3) is 0 Å². The van der Waals surface area contributed by atoms with E-state index in [4.69, 9.17) is 0 Å². The van der Waals surface area contributed by atoms with Crippen molar-refractivity contribution < 1.29 is 0 Å². The van der Waals surface area contributed by atoms with Crippen LogP contribution in [0.1, 0.15) is 12.5 Å². The number of rotatable bonds is 2. The highest BCUT2D eigenvalue weighted by atomic mass is 15.4. The molecule has 3 aromatic rings. The lowest BCUT2D eigenvalue weighted by Gasteiger charge is -2.02. The molecule has 0 unspecified atom stereocenters. The standard InChI is InChI=1S/C12H13N5/c1-3-17-7-11(15-16-17)12-8(2)4-5-10-9(12)6-13-14-10/h4-7H,3H2,1-2H3,(H,13,14). The van der Waals surface area contributed by atoms with E-state index < -0.39 is 0 Å². The third-order valence-electron chi connectivity index (χ3n) is 2.95. The Balaban J connectivity index is 2.27. The van der Waals surface area contributed by atoms with Crippen LogP contribution < -0.4 is 0 Å². The lowest BCUT2D eigenvalue weighted by atomic mass is 10.0. The van der Waals surface area contributed by atoms with E-state index in [9.17, 15) is 0 Å². The van der Waals surface area contributed by atoms with Gasteiger partial charge in [-0.1, -0.05) is 11.3 Å². The van der Waals surface area contributed by atoms with Crippen molar-refractivity contribution in [2.24, 2.45) is 0 Å². The highest BCUT2D eigenvalue weighted by molar-refractivity contribution is 5.94. The van der Waals surface area contributed by atoms with Gasteiger partial charge in [0.15, 0.2) is 0 Å². The summed E-state index contributed by atoms with van der Waals surface area (Å²) in [4.78, 5) is 0. The van der Waals surface area contributed by atoms with Crippen molar-refractivity contribution in [3.05, 3.63) is 30.1 Å². The first kappa shape index (κ1) is 10.0. The van der Waals surface area contributed by atoms with Crippen molar-refractivity contribution in [1.82, 2.24) is 25.2 Å². The van der Waals surface area contributed by atoms with Gasteiger partial charge in [0, 0.05) is 17.5 Å². The zero-order chi connectivity index (χ0) is 11.8. The minimum Gasteiger partial charge on any atom is -0.278 e. The maximum absolute atomic E-state index is 4.22. The molecule has 1 N–H and O–H groups in total. The molecule has 1 aromatic carbocycles. The van der Waals surface area contributed by atoms with Gasteiger partial charge in [-0.2, -0.15) is 5.10 Å². The number of benzene rings is 1. The van der Waals surface area contributed by atoms with Crippen LogP contribution in [0.3, 0.4) is 0 Å². The molecule has 5 nitrogen and oxygen atoms in total. The summed E-state index contributed by atoms with van der Waals surface area (Å²) in [6.07, 6.45) is 3.80. The number of hydrogen-bond donors (Lipinski definition) is 1. The lowest BCUT2D eigenvalue weighted by Crippen LogP contribution is -1.93. The molecule has 0 aliphatic carbocycles. The van der Waals surface area contributed by atoms with Crippen LogP contribution in [0.25, 0.3) is 22.2 Å². The summed E-state index contributed by atoms with van der Waals surface area (Å²) in [6.45, 7) is 4.95. The van der Waals surface area contributed by atoms with Gasteiger partial charge in [-0.3, -0.25) is 9.78 Å². The molecule has 3 rings (SSSR count). The maximum Gasteiger partial charge on any atom is 0.114 e. The molecule has 0 atom stereocenters. The minimum absolute atomic E-state index is 0.827. The molecule has 0 aliphatic rings. The molecule has 0 radical (unpaired) electrons. The molecule has 86 valence electrons. The summed E-state index contributed by atoms with van der Waals surface area (Å²) in [5.41, 5.74) is 4.21. The number of aromatic nitrogens is 5. The predicted octanol–water partition coefficient (Wildman–Crippen LogP) is 2.15. The van der Waals surface area contributed by atoms with Crippen molar-refractivity contribution in [1.29, 1.82) is 0 Å². The molecule has 5 heteroatoms. The Morgan fingerprint density at radius 2 is 2.24 bits per heavy atom. The number of nitrogens with one attached hydrogen (secondary N) is 1. The molecule has 0 saturated heterocycles. The van der Waals surface area contributed by atoms with Gasteiger partial charge in [0.1, 0.15) is 5.69 Å². The Labute approximate surface area is 98.5 Å². The average molecular weight is 227 g/mol. The van der Waals surface area contributed by atoms with E-state index in [-0.39, 0.29) is 0 Å². The quantitative estimate of drug-likeness (QED) is 0.729. The first-order chi connectivity index (χ1) is 8.29. The summed E-state index contributed by atoms with van der Waals surface area (Å²) in [7, 11) is 0. The third-order valence-corrected chi connectivity index (χ3v) is 2.95. The summed E-state index contributed by atoms with van der Waals surface area (Å²) in [5.74, 6) is 0. The Bertz CT molecular complexity index is 664. The first-order valence-electron chi connectivity index (χ1n) is 5.62. The number of H-pyrrole nitrogens is 1. The average Bonchev–Trinajstić information content (AvgIpc) is 2.96. The Morgan fingerprint density at radius 1 is 1.35 bits per heavy atom. The number of aromatic amines is 1. The fourth-order valence-electron chi connectivity index (χ4n) is 2.03. The molecule has 0 aliphatic heterocycles. The van der Waals surface area contributed by atoms with Crippen LogP contribution in [0, 0.1) is 6.92 Å². The number of aryl methyl sites for hydroxylation is 2. The van der Waals surface area contributed by atoms with Crippen LogP contribution in [0.15, 0.2) is 24.5 Å². The Kier molecular flexibility index (Phi) is 2.18. The molecule has 2 aromatic heterocycles. The zero-order valence-corrected chi connectivity index (χ0v) is 9.81. The highest BCUT2D eigenvalue weighted by Gasteiger charge is 2.11. The normalized spacial score (nSPS) is 11.2. The van der Waals surface area contributed by atoms with E-state index in [1.807, 2.05) is 30.1 Å². The third kappa shape index (κ3) is 1.51. The van der Waals surface area contributed by atoms with Crippen molar-refractivity contribution in [2.75, 3.05) is 0 Å². The molecular weight excluding hydrogens is 214 g/mol. The predicted molar refractivity (Wildman–Crippen MR) is 65.5 cm³/mol. The van der Waals surface area contributed by atoms with Crippen molar-refractivity contribution >= 4 is 10.9 Å². The molecule has 0 bridgehead atoms. The second-order valence-electron chi connectivity index (χ2n) is 4.05. The monoisotopic (exact) mass is 227 g/mol. The molecular formula is C12H13N5. The van der Waals surface area contributed by atoms with Gasteiger partial charge in [-0.05, 0) is 25.5 Å². The van der Waals surface area contributed by atoms with Gasteiger partial charge in [-0.15, -0.1) is 5.10 Å². The Hall–Kier alpha value is -2.17. The number of hydrogen-bond acceptors (Lipinski definition) is 3. The van der Waals surface area contributed by atoms with E-state index >= 15 is 0 Å². The maximum atomic E-state index is 4.22. The van der Waals surface area contributed by atoms with E-state index in [1.54, 1.807) is 0 Å². The van der Waals surface area contributed by atoms with Crippen LogP contribution >= 0.6 is 0 Å². The van der Waals surface area contributed by atoms with Crippen LogP contribution in [0.4, 0.5) is 0 Å². The van der Waals surface area contributed by atoms with Crippen molar-refractivity contribution in [3.63, 3.8) is 0 Å². The van der Waals surface area contributed by atoms with Gasteiger partial charge in [-0.25, -0.2) is 0 Å². The van der Waals surface area contributed by atoms with Gasteiger partial charge < -0.3 is 0 Å². The minimum atomic E-state index is 0.827. The molecule has 0 fully saturated rings. The molecule has 2 heterocycles. The topological polar surface area (TPSA) is 59.4 Å². The molecule has 17 heavy (non-hydrogen) atoms. The first-order valence-corrected chi connectivity index (χ1v) is 5.62. The van der Waals surface area contributed by atoms with Crippen LogP contribution in [-0.2, 0) is 6.54 Å². The summed E-state index contributed by atoms with van der Waals surface area (Å²) in [6, 6.07) is 4.10. The highest BCUT2D eigenvalue weighted by Crippen LogP contribution is 2.29.